The summed E-state index contributed by atoms with van der Waals surface area (Å²) in [6, 6.07) is 17.6. The summed E-state index contributed by atoms with van der Waals surface area (Å²) in [7, 11) is 0. The monoisotopic (exact) mass is 442 g/mol. The molecule has 0 N–H and O–H groups in total. The molecule has 22 heavy (non-hydrogen) atoms. The van der Waals surface area contributed by atoms with E-state index in [2.05, 4.69) is 22.6 Å². The number of hydrogen-bond acceptors (Lipinski definition) is 1. The van der Waals surface area contributed by atoms with Crippen LogP contribution in [0.4, 0.5) is 0 Å². The second kappa shape index (κ2) is 10.3. The number of halogens is 1. The topological polar surface area (TPSA) is 23.1 Å². The van der Waals surface area contributed by atoms with Gasteiger partial charge in [0.05, 0.1) is 0 Å². The van der Waals surface area contributed by atoms with E-state index in [1.165, 1.54) is 0 Å². The van der Waals surface area contributed by atoms with Crippen molar-refractivity contribution in [3.8, 4) is 0 Å². The van der Waals surface area contributed by atoms with Crippen molar-refractivity contribution in [1.82, 2.24) is 0 Å². The maximum atomic E-state index is 11.8. The van der Waals surface area contributed by atoms with Crippen molar-refractivity contribution in [2.24, 2.45) is 0 Å². The third-order valence-corrected chi connectivity index (χ3v) is 3.52. The first-order chi connectivity index (χ1) is 10.3. The molecule has 112 valence electrons. The van der Waals surface area contributed by atoms with Crippen LogP contribution in [0, 0.1) is 3.57 Å². The van der Waals surface area contributed by atoms with Crippen LogP contribution in [0.2, 0.25) is 0 Å². The number of benzene rings is 1. The first-order valence-electron chi connectivity index (χ1n) is 6.62. The van der Waals surface area contributed by atoms with Crippen LogP contribution >= 0.6 is 22.6 Å². The van der Waals surface area contributed by atoms with Gasteiger partial charge in [-0.1, -0.05) is 48.6 Å². The van der Waals surface area contributed by atoms with Gasteiger partial charge in [-0.2, -0.15) is 18.2 Å². The Hall–Kier alpha value is -1.42. The fraction of sp³-hybridized carbons (Fsp3) is 0. The first-order valence-corrected chi connectivity index (χ1v) is 7.70. The van der Waals surface area contributed by atoms with Crippen molar-refractivity contribution >= 4 is 28.4 Å². The summed E-state index contributed by atoms with van der Waals surface area (Å²) in [5.41, 5.74) is 1.78. The zero-order valence-electron chi connectivity index (χ0n) is 11.8. The summed E-state index contributed by atoms with van der Waals surface area (Å²) < 4.78 is 1.13. The molecule has 1 nitrogen and oxygen atoms in total. The maximum absolute atomic E-state index is 11.8. The van der Waals surface area contributed by atoms with Crippen molar-refractivity contribution < 1.29 is 22.2 Å². The molecule has 0 fully saturated rings. The molecule has 0 saturated heterocycles. The van der Waals surface area contributed by atoms with Crippen molar-refractivity contribution in [2.75, 3.05) is 0 Å². The van der Waals surface area contributed by atoms with Gasteiger partial charge in [0.15, 0.2) is 0 Å². The van der Waals surface area contributed by atoms with E-state index < -0.39 is 0 Å². The normalized spacial score (nSPS) is 12.4. The van der Waals surface area contributed by atoms with Gasteiger partial charge in [-0.05, 0) is 45.9 Å². The van der Waals surface area contributed by atoms with E-state index in [1.807, 2.05) is 85.0 Å². The van der Waals surface area contributed by atoms with E-state index in [9.17, 15) is 5.11 Å². The Bertz CT molecular complexity index is 631. The third-order valence-electron chi connectivity index (χ3n) is 2.80. The van der Waals surface area contributed by atoms with Crippen LogP contribution in [-0.4, -0.2) is 0 Å². The second-order valence-corrected chi connectivity index (χ2v) is 5.63. The number of hydrogen-bond donors (Lipinski definition) is 0. The molecule has 0 amide bonds. The van der Waals surface area contributed by atoms with Gasteiger partial charge in [-0.15, -0.1) is 5.76 Å². The maximum Gasteiger partial charge on any atom is 2.00 e. The van der Waals surface area contributed by atoms with Crippen molar-refractivity contribution in [3.05, 3.63) is 106 Å². The largest absolute Gasteiger partial charge is 2.00 e. The minimum atomic E-state index is 0. The van der Waals surface area contributed by atoms with E-state index in [1.54, 1.807) is 6.08 Å². The van der Waals surface area contributed by atoms with Gasteiger partial charge in [-0.25, -0.2) is 12.1 Å². The van der Waals surface area contributed by atoms with Crippen LogP contribution in [0.1, 0.15) is 5.56 Å². The molecule has 0 spiro atoms. The van der Waals surface area contributed by atoms with Gasteiger partial charge in [0, 0.05) is 3.57 Å². The summed E-state index contributed by atoms with van der Waals surface area (Å²) >= 11 is 2.22. The molecule has 0 unspecified atom stereocenters. The van der Waals surface area contributed by atoms with Crippen LogP contribution < -0.4 is 5.11 Å². The van der Waals surface area contributed by atoms with Crippen LogP contribution in [0.15, 0.2) is 96.6 Å². The Balaban J connectivity index is 0.000000344. The van der Waals surface area contributed by atoms with Gasteiger partial charge in [-0.3, -0.25) is 0 Å². The van der Waals surface area contributed by atoms with Gasteiger partial charge < -0.3 is 5.11 Å². The fourth-order valence-electron chi connectivity index (χ4n) is 1.70. The fourth-order valence-corrected chi connectivity index (χ4v) is 2.06. The summed E-state index contributed by atoms with van der Waals surface area (Å²) in [6.07, 6.45) is 11.3. The quantitative estimate of drug-likeness (QED) is 0.292. The number of allylic oxidation sites excluding steroid dienone is 7. The third kappa shape index (κ3) is 6.56. The molecule has 0 saturated carbocycles. The summed E-state index contributed by atoms with van der Waals surface area (Å²) in [5.74, 6) is 0.0394. The average Bonchev–Trinajstić information content (AvgIpc) is 3.21. The molecule has 2 aromatic rings. The molecule has 0 aliphatic heterocycles. The van der Waals surface area contributed by atoms with Crippen molar-refractivity contribution in [3.63, 3.8) is 0 Å². The van der Waals surface area contributed by atoms with Crippen LogP contribution in [0.3, 0.4) is 0 Å². The average molecular weight is 442 g/mol. The van der Waals surface area contributed by atoms with Gasteiger partial charge in [0.25, 0.3) is 0 Å². The predicted octanol–water partition coefficient (Wildman–Crippen LogP) is 4.45. The van der Waals surface area contributed by atoms with Crippen molar-refractivity contribution in [1.29, 1.82) is 0 Å². The molecule has 2 aromatic carbocycles. The minimum Gasteiger partial charge on any atom is -0.872 e. The summed E-state index contributed by atoms with van der Waals surface area (Å²) in [4.78, 5) is 0. The Morgan fingerprint density at radius 2 is 1.59 bits per heavy atom. The molecule has 0 aromatic heterocycles. The van der Waals surface area contributed by atoms with Crippen LogP contribution in [-0.2, 0) is 17.1 Å². The molecule has 1 aliphatic carbocycles. The summed E-state index contributed by atoms with van der Waals surface area (Å²) in [6.45, 7) is 0. The minimum absolute atomic E-state index is 0. The standard InChI is InChI=1S/C14H11IO.C5H5.Fe/c15-13-8-6-12(7-9-13)14(16)10-5-11-3-1-2-4-11;1-2-4-5-3-1;/h1-10,16H;1-5H;/q;-1;+2/p-1/b14-10-;;. The van der Waals surface area contributed by atoms with Gasteiger partial charge in [0.1, 0.15) is 0 Å². The Labute approximate surface area is 155 Å². The zero-order chi connectivity index (χ0) is 14.9. The Morgan fingerprint density at radius 3 is 2.09 bits per heavy atom. The van der Waals surface area contributed by atoms with E-state index in [0.717, 1.165) is 14.7 Å². The smallest absolute Gasteiger partial charge is 0.872 e. The first kappa shape index (κ1) is 18.6. The number of rotatable bonds is 2. The molecule has 1 aliphatic rings. The second-order valence-electron chi connectivity index (χ2n) is 4.38. The molecule has 3 rings (SSSR count). The molecular formula is C19H15FeIO. The molecule has 0 radical (unpaired) electrons. The summed E-state index contributed by atoms with van der Waals surface area (Å²) in [5, 5.41) is 11.8. The molecule has 0 heterocycles. The SMILES string of the molecule is [Fe+2].[O-]/C(=C\C=C1C=CC=C1)c1ccc(I)cc1.c1cc[cH-]c1. The zero-order valence-corrected chi connectivity index (χ0v) is 15.1. The Morgan fingerprint density at radius 1 is 1.00 bits per heavy atom. The van der Waals surface area contributed by atoms with Crippen LogP contribution in [0.5, 0.6) is 0 Å². The predicted molar refractivity (Wildman–Crippen MR) is 95.5 cm³/mol. The van der Waals surface area contributed by atoms with E-state index in [0.29, 0.717) is 0 Å². The Kier molecular flexibility index (Phi) is 8.75. The molecular weight excluding hydrogens is 427 g/mol. The van der Waals surface area contributed by atoms with Gasteiger partial charge in [0.2, 0.25) is 0 Å². The molecule has 0 atom stereocenters. The van der Waals surface area contributed by atoms with E-state index >= 15 is 0 Å². The molecule has 3 heteroatoms. The van der Waals surface area contributed by atoms with Gasteiger partial charge >= 0.3 is 17.1 Å². The van der Waals surface area contributed by atoms with Crippen LogP contribution in [0.25, 0.3) is 5.76 Å². The molecule has 0 bridgehead atoms. The van der Waals surface area contributed by atoms with E-state index in [4.69, 9.17) is 0 Å². The van der Waals surface area contributed by atoms with E-state index in [-0.39, 0.29) is 22.8 Å². The van der Waals surface area contributed by atoms with Crippen molar-refractivity contribution in [2.45, 2.75) is 0 Å².